The van der Waals surface area contributed by atoms with Gasteiger partial charge in [0.15, 0.2) is 0 Å². The number of aryl methyl sites for hydroxylation is 1. The molecule has 2 heterocycles. The van der Waals surface area contributed by atoms with Gasteiger partial charge in [-0.25, -0.2) is 0 Å². The van der Waals surface area contributed by atoms with Crippen molar-refractivity contribution >= 4 is 49.8 Å². The largest absolute Gasteiger partial charge is 0.330 e. The van der Waals surface area contributed by atoms with Crippen LogP contribution in [0.15, 0.2) is 46.3 Å². The first kappa shape index (κ1) is 17.1. The molecule has 0 saturated heterocycles. The lowest BCUT2D eigenvalue weighted by Crippen LogP contribution is -2.20. The van der Waals surface area contributed by atoms with Crippen LogP contribution in [0, 0.1) is 6.92 Å². The summed E-state index contributed by atoms with van der Waals surface area (Å²) in [6.45, 7) is 2.41. The van der Waals surface area contributed by atoms with Gasteiger partial charge in [0.25, 0.3) is 0 Å². The van der Waals surface area contributed by atoms with Crippen LogP contribution in [-0.4, -0.2) is 17.4 Å². The number of thiophene rings is 1. The standard InChI is InChI=1S/C18H18BrN3OS/c1-11-2-3-12-8-14(4-5-15(12)21-11)22-18(23)9-13(10-20)16-6-7-17(19)24-16/h2-8,13H,9-10,20H2,1H3,(H,22,23). The average Bonchev–Trinajstić information content (AvgIpc) is 2.99. The van der Waals surface area contributed by atoms with E-state index in [1.54, 1.807) is 11.3 Å². The summed E-state index contributed by atoms with van der Waals surface area (Å²) in [6.07, 6.45) is 0.369. The second-order valence-electron chi connectivity index (χ2n) is 5.69. The van der Waals surface area contributed by atoms with Crippen molar-refractivity contribution in [3.05, 3.63) is 56.8 Å². The normalized spacial score (nSPS) is 12.3. The Balaban J connectivity index is 1.71. The summed E-state index contributed by atoms with van der Waals surface area (Å²) >= 11 is 5.07. The molecule has 3 rings (SSSR count). The van der Waals surface area contributed by atoms with Crippen LogP contribution in [0.4, 0.5) is 5.69 Å². The van der Waals surface area contributed by atoms with Crippen molar-refractivity contribution < 1.29 is 4.79 Å². The number of carbonyl (C=O) groups excluding carboxylic acids is 1. The maximum absolute atomic E-state index is 12.4. The predicted octanol–water partition coefficient (Wildman–Crippen LogP) is 4.44. The van der Waals surface area contributed by atoms with Crippen molar-refractivity contribution in [1.29, 1.82) is 0 Å². The number of hydrogen-bond donors (Lipinski definition) is 2. The zero-order valence-electron chi connectivity index (χ0n) is 13.3. The minimum Gasteiger partial charge on any atom is -0.330 e. The van der Waals surface area contributed by atoms with E-state index in [2.05, 4.69) is 26.2 Å². The molecule has 0 aliphatic heterocycles. The first-order valence-electron chi connectivity index (χ1n) is 7.67. The smallest absolute Gasteiger partial charge is 0.225 e. The van der Waals surface area contributed by atoms with E-state index in [0.717, 1.165) is 30.9 Å². The first-order valence-corrected chi connectivity index (χ1v) is 9.28. The zero-order chi connectivity index (χ0) is 17.1. The van der Waals surface area contributed by atoms with Gasteiger partial charge in [-0.2, -0.15) is 0 Å². The van der Waals surface area contributed by atoms with Gasteiger partial charge in [0.05, 0.1) is 9.30 Å². The highest BCUT2D eigenvalue weighted by Gasteiger charge is 2.16. The number of nitrogens with one attached hydrogen (secondary N) is 1. The zero-order valence-corrected chi connectivity index (χ0v) is 15.7. The Hall–Kier alpha value is -1.76. The summed E-state index contributed by atoms with van der Waals surface area (Å²) in [4.78, 5) is 18.0. The van der Waals surface area contributed by atoms with E-state index in [-0.39, 0.29) is 11.8 Å². The molecule has 2 aromatic heterocycles. The number of nitrogens with zero attached hydrogens (tertiary/aromatic N) is 1. The van der Waals surface area contributed by atoms with Crippen molar-refractivity contribution in [2.45, 2.75) is 19.3 Å². The number of benzene rings is 1. The fraction of sp³-hybridized carbons (Fsp3) is 0.222. The second-order valence-corrected chi connectivity index (χ2v) is 8.18. The van der Waals surface area contributed by atoms with Crippen molar-refractivity contribution in [1.82, 2.24) is 4.98 Å². The molecule has 0 radical (unpaired) electrons. The highest BCUT2D eigenvalue weighted by molar-refractivity contribution is 9.11. The topological polar surface area (TPSA) is 68.0 Å². The van der Waals surface area contributed by atoms with Crippen LogP contribution in [0.3, 0.4) is 0 Å². The summed E-state index contributed by atoms with van der Waals surface area (Å²) in [5, 5.41) is 3.97. The molecular weight excluding hydrogens is 386 g/mol. The van der Waals surface area contributed by atoms with Crippen LogP contribution in [-0.2, 0) is 4.79 Å². The Labute approximate surface area is 153 Å². The maximum atomic E-state index is 12.4. The number of fused-ring (bicyclic) bond motifs is 1. The van der Waals surface area contributed by atoms with Gasteiger partial charge in [0.2, 0.25) is 5.91 Å². The highest BCUT2D eigenvalue weighted by Crippen LogP contribution is 2.30. The lowest BCUT2D eigenvalue weighted by Gasteiger charge is -2.13. The minimum absolute atomic E-state index is 0.0330. The van der Waals surface area contributed by atoms with E-state index in [4.69, 9.17) is 5.73 Å². The molecule has 0 aliphatic rings. The number of halogens is 1. The number of rotatable bonds is 5. The van der Waals surface area contributed by atoms with Crippen molar-refractivity contribution in [2.24, 2.45) is 5.73 Å². The SMILES string of the molecule is Cc1ccc2cc(NC(=O)CC(CN)c3ccc(Br)s3)ccc2n1. The third kappa shape index (κ3) is 4.01. The van der Waals surface area contributed by atoms with Crippen LogP contribution in [0.5, 0.6) is 0 Å². The lowest BCUT2D eigenvalue weighted by molar-refractivity contribution is -0.116. The van der Waals surface area contributed by atoms with Gasteiger partial charge < -0.3 is 11.1 Å². The Morgan fingerprint density at radius 1 is 1.29 bits per heavy atom. The van der Waals surface area contributed by atoms with Gasteiger partial charge in [-0.3, -0.25) is 9.78 Å². The number of carbonyl (C=O) groups is 1. The third-order valence-corrected chi connectivity index (χ3v) is 5.61. The first-order chi connectivity index (χ1) is 11.5. The van der Waals surface area contributed by atoms with Crippen molar-refractivity contribution in [3.8, 4) is 0 Å². The molecule has 6 heteroatoms. The van der Waals surface area contributed by atoms with Gasteiger partial charge in [0.1, 0.15) is 0 Å². The monoisotopic (exact) mass is 403 g/mol. The van der Waals surface area contributed by atoms with E-state index in [9.17, 15) is 4.79 Å². The van der Waals surface area contributed by atoms with Crippen molar-refractivity contribution in [3.63, 3.8) is 0 Å². The number of amides is 1. The summed E-state index contributed by atoms with van der Waals surface area (Å²) in [5.41, 5.74) is 8.53. The number of pyridine rings is 1. The van der Waals surface area contributed by atoms with E-state index < -0.39 is 0 Å². The van der Waals surface area contributed by atoms with E-state index in [1.165, 1.54) is 0 Å². The Kier molecular flexibility index (Phi) is 5.28. The maximum Gasteiger partial charge on any atom is 0.225 e. The van der Waals surface area contributed by atoms with Gasteiger partial charge in [-0.05, 0) is 59.3 Å². The molecule has 0 aliphatic carbocycles. The summed E-state index contributed by atoms with van der Waals surface area (Å²) in [5.74, 6) is 0.000431. The van der Waals surface area contributed by atoms with Gasteiger partial charge in [-0.15, -0.1) is 11.3 Å². The molecule has 0 saturated carbocycles. The summed E-state index contributed by atoms with van der Waals surface area (Å²) < 4.78 is 1.05. The average molecular weight is 404 g/mol. The van der Waals surface area contributed by atoms with Gasteiger partial charge in [-0.1, -0.05) is 6.07 Å². The van der Waals surface area contributed by atoms with E-state index in [1.807, 2.05) is 49.4 Å². The molecule has 0 spiro atoms. The summed E-state index contributed by atoms with van der Waals surface area (Å²) in [7, 11) is 0. The van der Waals surface area contributed by atoms with Crippen LogP contribution in [0.25, 0.3) is 10.9 Å². The number of anilines is 1. The third-order valence-electron chi connectivity index (χ3n) is 3.82. The van der Waals surface area contributed by atoms with E-state index >= 15 is 0 Å². The molecule has 1 amide bonds. The predicted molar refractivity (Wildman–Crippen MR) is 104 cm³/mol. The van der Waals surface area contributed by atoms with Crippen LogP contribution < -0.4 is 11.1 Å². The lowest BCUT2D eigenvalue weighted by atomic mass is 10.0. The molecule has 0 bridgehead atoms. The number of hydrogen-bond acceptors (Lipinski definition) is 4. The van der Waals surface area contributed by atoms with E-state index in [0.29, 0.717) is 13.0 Å². The van der Waals surface area contributed by atoms with Crippen LogP contribution >= 0.6 is 27.3 Å². The van der Waals surface area contributed by atoms with Gasteiger partial charge >= 0.3 is 0 Å². The molecule has 4 nitrogen and oxygen atoms in total. The molecule has 3 aromatic rings. The highest BCUT2D eigenvalue weighted by atomic mass is 79.9. The van der Waals surface area contributed by atoms with Crippen LogP contribution in [0.2, 0.25) is 0 Å². The van der Waals surface area contributed by atoms with Crippen molar-refractivity contribution in [2.75, 3.05) is 11.9 Å². The quantitative estimate of drug-likeness (QED) is 0.661. The molecule has 1 aromatic carbocycles. The van der Waals surface area contributed by atoms with Gasteiger partial charge in [0, 0.05) is 40.5 Å². The number of aromatic nitrogens is 1. The Morgan fingerprint density at radius 2 is 2.12 bits per heavy atom. The molecule has 124 valence electrons. The summed E-state index contributed by atoms with van der Waals surface area (Å²) in [6, 6.07) is 13.7. The Bertz CT molecular complexity index is 878. The Morgan fingerprint density at radius 3 is 2.83 bits per heavy atom. The molecular formula is C18H18BrN3OS. The molecule has 0 fully saturated rings. The molecule has 1 unspecified atom stereocenters. The minimum atomic E-state index is -0.0330. The fourth-order valence-electron chi connectivity index (χ4n) is 2.59. The molecule has 1 atom stereocenters. The number of nitrogens with two attached hydrogens (primary N) is 1. The molecule has 3 N–H and O–H groups in total. The molecule has 24 heavy (non-hydrogen) atoms. The van der Waals surface area contributed by atoms with Crippen LogP contribution in [0.1, 0.15) is 22.9 Å². The fourth-order valence-corrected chi connectivity index (χ4v) is 4.13. The second kappa shape index (κ2) is 7.42.